The molecule has 16 heavy (non-hydrogen) atoms. The minimum Gasteiger partial charge on any atom is -0.394 e. The molecule has 0 aromatic carbocycles. The Labute approximate surface area is 97.7 Å². The molecule has 0 saturated carbocycles. The van der Waals surface area contributed by atoms with Gasteiger partial charge >= 0.3 is 0 Å². The van der Waals surface area contributed by atoms with Crippen LogP contribution in [0, 0.1) is 0 Å². The standard InChI is InChI=1S/C12H24N2O2/c15-10-12(4-7-16-8-5-12)14-9-11-3-1-2-6-13-11/h11,13-15H,1-10H2. The first-order valence-electron chi connectivity index (χ1n) is 6.52. The molecule has 0 amide bonds. The maximum atomic E-state index is 9.53. The van der Waals surface area contributed by atoms with Crippen molar-refractivity contribution in [3.05, 3.63) is 0 Å². The van der Waals surface area contributed by atoms with Crippen LogP contribution in [0.25, 0.3) is 0 Å². The summed E-state index contributed by atoms with van der Waals surface area (Å²) in [6, 6.07) is 0.583. The molecular weight excluding hydrogens is 204 g/mol. The van der Waals surface area contributed by atoms with Crippen molar-refractivity contribution in [2.75, 3.05) is 32.9 Å². The van der Waals surface area contributed by atoms with Gasteiger partial charge in [-0.15, -0.1) is 0 Å². The number of aliphatic hydroxyl groups excluding tert-OH is 1. The van der Waals surface area contributed by atoms with Crippen LogP contribution in [-0.4, -0.2) is 49.6 Å². The van der Waals surface area contributed by atoms with E-state index in [-0.39, 0.29) is 12.1 Å². The summed E-state index contributed by atoms with van der Waals surface area (Å²) in [6.07, 6.45) is 5.74. The molecule has 2 fully saturated rings. The summed E-state index contributed by atoms with van der Waals surface area (Å²) in [5, 5.41) is 16.6. The average Bonchev–Trinajstić information content (AvgIpc) is 2.39. The zero-order valence-corrected chi connectivity index (χ0v) is 10.0. The maximum absolute atomic E-state index is 9.53. The first-order chi connectivity index (χ1) is 7.85. The van der Waals surface area contributed by atoms with Gasteiger partial charge < -0.3 is 20.5 Å². The highest BCUT2D eigenvalue weighted by Crippen LogP contribution is 2.20. The average molecular weight is 228 g/mol. The van der Waals surface area contributed by atoms with Crippen LogP contribution in [0.3, 0.4) is 0 Å². The molecule has 1 atom stereocenters. The molecule has 0 bridgehead atoms. The number of hydrogen-bond acceptors (Lipinski definition) is 4. The van der Waals surface area contributed by atoms with E-state index in [1.807, 2.05) is 0 Å². The summed E-state index contributed by atoms with van der Waals surface area (Å²) < 4.78 is 5.35. The van der Waals surface area contributed by atoms with Gasteiger partial charge in [0, 0.05) is 31.3 Å². The van der Waals surface area contributed by atoms with Gasteiger partial charge in [0.25, 0.3) is 0 Å². The Balaban J connectivity index is 1.77. The summed E-state index contributed by atoms with van der Waals surface area (Å²) in [7, 11) is 0. The van der Waals surface area contributed by atoms with Crippen LogP contribution in [0.5, 0.6) is 0 Å². The Kier molecular flexibility index (Phi) is 4.58. The van der Waals surface area contributed by atoms with Crippen LogP contribution >= 0.6 is 0 Å². The second kappa shape index (κ2) is 5.96. The summed E-state index contributed by atoms with van der Waals surface area (Å²) in [6.45, 7) is 3.88. The van der Waals surface area contributed by atoms with E-state index >= 15 is 0 Å². The fourth-order valence-electron chi connectivity index (χ4n) is 2.59. The lowest BCUT2D eigenvalue weighted by atomic mass is 9.90. The Morgan fingerprint density at radius 2 is 2.12 bits per heavy atom. The van der Waals surface area contributed by atoms with E-state index in [1.54, 1.807) is 0 Å². The summed E-state index contributed by atoms with van der Waals surface area (Å²) >= 11 is 0. The lowest BCUT2D eigenvalue weighted by Gasteiger charge is -2.38. The number of aliphatic hydroxyl groups is 1. The predicted octanol–water partition coefficient (Wildman–Crippen LogP) is 0.260. The van der Waals surface area contributed by atoms with E-state index in [2.05, 4.69) is 10.6 Å². The highest BCUT2D eigenvalue weighted by atomic mass is 16.5. The molecule has 2 saturated heterocycles. The monoisotopic (exact) mass is 228 g/mol. The third kappa shape index (κ3) is 3.17. The molecule has 2 aliphatic rings. The molecule has 1 unspecified atom stereocenters. The van der Waals surface area contributed by atoms with Crippen molar-refractivity contribution < 1.29 is 9.84 Å². The van der Waals surface area contributed by atoms with E-state index in [1.165, 1.54) is 19.3 Å². The largest absolute Gasteiger partial charge is 0.394 e. The van der Waals surface area contributed by atoms with Gasteiger partial charge in [-0.3, -0.25) is 0 Å². The number of rotatable bonds is 4. The molecule has 0 aromatic heterocycles. The molecular formula is C12H24N2O2. The SMILES string of the molecule is OCC1(NCC2CCCCN2)CCOCC1. The zero-order chi connectivity index (χ0) is 11.3. The molecule has 4 nitrogen and oxygen atoms in total. The van der Waals surface area contributed by atoms with Gasteiger partial charge in [-0.1, -0.05) is 6.42 Å². The van der Waals surface area contributed by atoms with Crippen LogP contribution in [-0.2, 0) is 4.74 Å². The summed E-state index contributed by atoms with van der Waals surface area (Å²) in [5.41, 5.74) is -0.0859. The van der Waals surface area contributed by atoms with Crippen LogP contribution in [0.15, 0.2) is 0 Å². The van der Waals surface area contributed by atoms with E-state index in [4.69, 9.17) is 4.74 Å². The fraction of sp³-hybridized carbons (Fsp3) is 1.00. The van der Waals surface area contributed by atoms with Crippen LogP contribution in [0.1, 0.15) is 32.1 Å². The minimum absolute atomic E-state index is 0.0859. The van der Waals surface area contributed by atoms with Crippen molar-refractivity contribution in [1.82, 2.24) is 10.6 Å². The summed E-state index contributed by atoms with van der Waals surface area (Å²) in [4.78, 5) is 0. The third-order valence-corrected chi connectivity index (χ3v) is 3.89. The van der Waals surface area contributed by atoms with Gasteiger partial charge in [0.15, 0.2) is 0 Å². The molecule has 3 N–H and O–H groups in total. The van der Waals surface area contributed by atoms with Gasteiger partial charge in [0.05, 0.1) is 6.61 Å². The van der Waals surface area contributed by atoms with Gasteiger partial charge in [-0.05, 0) is 32.2 Å². The molecule has 0 spiro atoms. The zero-order valence-electron chi connectivity index (χ0n) is 10.0. The predicted molar refractivity (Wildman–Crippen MR) is 63.5 cm³/mol. The van der Waals surface area contributed by atoms with Crippen LogP contribution < -0.4 is 10.6 Å². The van der Waals surface area contributed by atoms with Crippen molar-refractivity contribution in [1.29, 1.82) is 0 Å². The normalized spacial score (nSPS) is 30.2. The first kappa shape index (κ1) is 12.3. The molecule has 2 heterocycles. The maximum Gasteiger partial charge on any atom is 0.0615 e. The van der Waals surface area contributed by atoms with Crippen LogP contribution in [0.4, 0.5) is 0 Å². The Morgan fingerprint density at radius 3 is 2.75 bits per heavy atom. The Morgan fingerprint density at radius 1 is 1.31 bits per heavy atom. The van der Waals surface area contributed by atoms with Crippen molar-refractivity contribution in [3.63, 3.8) is 0 Å². The van der Waals surface area contributed by atoms with Gasteiger partial charge in [-0.25, -0.2) is 0 Å². The molecule has 0 radical (unpaired) electrons. The molecule has 2 rings (SSSR count). The van der Waals surface area contributed by atoms with E-state index < -0.39 is 0 Å². The number of hydrogen-bond donors (Lipinski definition) is 3. The molecule has 94 valence electrons. The summed E-state index contributed by atoms with van der Waals surface area (Å²) in [5.74, 6) is 0. The van der Waals surface area contributed by atoms with E-state index in [0.29, 0.717) is 6.04 Å². The lowest BCUT2D eigenvalue weighted by Crippen LogP contribution is -2.56. The molecule has 4 heteroatoms. The number of nitrogens with one attached hydrogen (secondary N) is 2. The molecule has 0 aliphatic carbocycles. The van der Waals surface area contributed by atoms with Gasteiger partial charge in [-0.2, -0.15) is 0 Å². The number of piperidine rings is 1. The lowest BCUT2D eigenvalue weighted by molar-refractivity contribution is 0.0108. The highest BCUT2D eigenvalue weighted by molar-refractivity contribution is 4.91. The Bertz CT molecular complexity index is 199. The molecule has 2 aliphatic heterocycles. The van der Waals surface area contributed by atoms with Crippen molar-refractivity contribution >= 4 is 0 Å². The minimum atomic E-state index is -0.0859. The second-order valence-corrected chi connectivity index (χ2v) is 5.08. The Hall–Kier alpha value is -0.160. The fourth-order valence-corrected chi connectivity index (χ4v) is 2.59. The van der Waals surface area contributed by atoms with Gasteiger partial charge in [0.2, 0.25) is 0 Å². The van der Waals surface area contributed by atoms with Crippen molar-refractivity contribution in [2.45, 2.75) is 43.7 Å². The second-order valence-electron chi connectivity index (χ2n) is 5.08. The smallest absolute Gasteiger partial charge is 0.0615 e. The quantitative estimate of drug-likeness (QED) is 0.646. The number of ether oxygens (including phenoxy) is 1. The molecule has 0 aromatic rings. The van der Waals surface area contributed by atoms with Crippen molar-refractivity contribution in [2.24, 2.45) is 0 Å². The first-order valence-corrected chi connectivity index (χ1v) is 6.52. The third-order valence-electron chi connectivity index (χ3n) is 3.89. The van der Waals surface area contributed by atoms with E-state index in [0.717, 1.165) is 39.1 Å². The van der Waals surface area contributed by atoms with Gasteiger partial charge in [0.1, 0.15) is 0 Å². The highest BCUT2D eigenvalue weighted by Gasteiger charge is 2.32. The topological polar surface area (TPSA) is 53.5 Å². The van der Waals surface area contributed by atoms with Crippen LogP contribution in [0.2, 0.25) is 0 Å². The van der Waals surface area contributed by atoms with Crippen molar-refractivity contribution in [3.8, 4) is 0 Å². The van der Waals surface area contributed by atoms with E-state index in [9.17, 15) is 5.11 Å².